The Morgan fingerprint density at radius 1 is 0.923 bits per heavy atom. The summed E-state index contributed by atoms with van der Waals surface area (Å²) in [6, 6.07) is 14.5. The van der Waals surface area contributed by atoms with Crippen molar-refractivity contribution in [1.82, 2.24) is 4.98 Å². The molecule has 0 amide bonds. The molecule has 1 aromatic carbocycles. The van der Waals surface area contributed by atoms with Crippen LogP contribution < -0.4 is 3.07 Å². The molecule has 1 aromatic heterocycles. The summed E-state index contributed by atoms with van der Waals surface area (Å²) in [5.41, 5.74) is 2.39. The molecule has 13 heavy (non-hydrogen) atoms. The van der Waals surface area contributed by atoms with Gasteiger partial charge >= 0.3 is 94.1 Å². The molecule has 0 aliphatic rings. The van der Waals surface area contributed by atoms with Gasteiger partial charge in [0.2, 0.25) is 0 Å². The van der Waals surface area contributed by atoms with Gasteiger partial charge in [-0.15, -0.1) is 0 Å². The van der Waals surface area contributed by atoms with Gasteiger partial charge < -0.3 is 0 Å². The molecular formula is C11H8HgN+. The van der Waals surface area contributed by atoms with Gasteiger partial charge in [-0.1, -0.05) is 0 Å². The van der Waals surface area contributed by atoms with Crippen LogP contribution in [0.2, 0.25) is 0 Å². The van der Waals surface area contributed by atoms with Crippen LogP contribution in [-0.2, 0) is 26.1 Å². The molecule has 0 fully saturated rings. The van der Waals surface area contributed by atoms with E-state index < -0.39 is 0 Å². The van der Waals surface area contributed by atoms with Crippen LogP contribution >= 0.6 is 0 Å². The van der Waals surface area contributed by atoms with Crippen molar-refractivity contribution in [3.8, 4) is 11.3 Å². The van der Waals surface area contributed by atoms with Crippen LogP contribution in [0, 0.1) is 0 Å². The third-order valence-electron chi connectivity index (χ3n) is 1.96. The molecule has 0 unspecified atom stereocenters. The first kappa shape index (κ1) is 8.88. The summed E-state index contributed by atoms with van der Waals surface area (Å²) < 4.78 is 1.46. The second kappa shape index (κ2) is 4.01. The molecule has 1 nitrogen and oxygen atoms in total. The predicted octanol–water partition coefficient (Wildman–Crippen LogP) is 1.92. The van der Waals surface area contributed by atoms with Crippen LogP contribution in [0.3, 0.4) is 0 Å². The van der Waals surface area contributed by atoms with Crippen molar-refractivity contribution in [3.05, 3.63) is 48.7 Å². The van der Waals surface area contributed by atoms with Crippen molar-refractivity contribution < 1.29 is 26.1 Å². The van der Waals surface area contributed by atoms with Gasteiger partial charge in [0.05, 0.1) is 0 Å². The van der Waals surface area contributed by atoms with Crippen LogP contribution in [0.4, 0.5) is 0 Å². The Labute approximate surface area is 93.8 Å². The minimum absolute atomic E-state index is 0.658. The van der Waals surface area contributed by atoms with E-state index >= 15 is 0 Å². The molecular weight excluding hydrogens is 347 g/mol. The fraction of sp³-hybridized carbons (Fsp3) is 0. The standard InChI is InChI=1S/C11H8N.Hg/c1-2-6-10(7-3-1)11-8-4-5-9-12-11;/h1-6,8-9H;/q;+1. The van der Waals surface area contributed by atoms with E-state index in [-0.39, 0.29) is 0 Å². The number of nitrogens with zero attached hydrogens (tertiary/aromatic N) is 1. The molecule has 0 atom stereocenters. The van der Waals surface area contributed by atoms with Crippen LogP contribution in [-0.4, -0.2) is 4.98 Å². The fourth-order valence-electron chi connectivity index (χ4n) is 1.29. The normalized spacial score (nSPS) is 10.0. The van der Waals surface area contributed by atoms with Crippen molar-refractivity contribution in [1.29, 1.82) is 0 Å². The Balaban J connectivity index is 2.54. The van der Waals surface area contributed by atoms with E-state index in [1.807, 2.05) is 18.3 Å². The van der Waals surface area contributed by atoms with Crippen molar-refractivity contribution in [3.63, 3.8) is 0 Å². The molecule has 0 aliphatic carbocycles. The quantitative estimate of drug-likeness (QED) is 0.713. The van der Waals surface area contributed by atoms with Gasteiger partial charge in [-0.05, 0) is 0 Å². The molecule has 0 saturated heterocycles. The van der Waals surface area contributed by atoms with Gasteiger partial charge in [-0.3, -0.25) is 0 Å². The number of rotatable bonds is 1. The molecule has 2 heteroatoms. The minimum atomic E-state index is 0.658. The van der Waals surface area contributed by atoms with Gasteiger partial charge in [0.25, 0.3) is 0 Å². The van der Waals surface area contributed by atoms with Gasteiger partial charge in [0, 0.05) is 0 Å². The molecule has 0 N–H and O–H groups in total. The molecule has 1 heterocycles. The molecule has 0 aliphatic heterocycles. The summed E-state index contributed by atoms with van der Waals surface area (Å²) in [6.45, 7) is 0. The monoisotopic (exact) mass is 356 g/mol. The van der Waals surface area contributed by atoms with E-state index in [2.05, 4.69) is 35.3 Å². The van der Waals surface area contributed by atoms with Crippen molar-refractivity contribution in [2.45, 2.75) is 0 Å². The number of hydrogen-bond acceptors (Lipinski definition) is 1. The third kappa shape index (κ3) is 1.97. The Bertz CT molecular complexity index is 398. The first-order chi connectivity index (χ1) is 6.38. The Morgan fingerprint density at radius 2 is 1.69 bits per heavy atom. The fourth-order valence-corrected chi connectivity index (χ4v) is 2.98. The number of aromatic nitrogens is 1. The summed E-state index contributed by atoms with van der Waals surface area (Å²) in [5, 5.41) is 0. The Kier molecular flexibility index (Phi) is 2.74. The second-order valence-electron chi connectivity index (χ2n) is 2.87. The van der Waals surface area contributed by atoms with Crippen molar-refractivity contribution in [2.75, 3.05) is 0 Å². The maximum absolute atomic E-state index is 4.34. The molecule has 58 valence electrons. The first-order valence-corrected chi connectivity index (χ1v) is 6.95. The van der Waals surface area contributed by atoms with Crippen molar-refractivity contribution >= 4 is 3.07 Å². The Hall–Kier alpha value is -0.695. The molecule has 0 spiro atoms. The summed E-state index contributed by atoms with van der Waals surface area (Å²) in [4.78, 5) is 4.34. The zero-order chi connectivity index (χ0) is 9.10. The number of pyridine rings is 1. The first-order valence-electron chi connectivity index (χ1n) is 4.20. The van der Waals surface area contributed by atoms with Gasteiger partial charge in [0.15, 0.2) is 0 Å². The Morgan fingerprint density at radius 3 is 2.38 bits per heavy atom. The topological polar surface area (TPSA) is 12.9 Å². The van der Waals surface area contributed by atoms with E-state index in [4.69, 9.17) is 0 Å². The summed E-state index contributed by atoms with van der Waals surface area (Å²) in [6.07, 6.45) is 1.84. The average Bonchev–Trinajstić information content (AvgIpc) is 2.20. The van der Waals surface area contributed by atoms with E-state index in [0.717, 1.165) is 5.69 Å². The summed E-state index contributed by atoms with van der Waals surface area (Å²) >= 11 is 0.658. The van der Waals surface area contributed by atoms with Crippen LogP contribution in [0.25, 0.3) is 11.3 Å². The average molecular weight is 355 g/mol. The zero-order valence-corrected chi connectivity index (χ0v) is 12.8. The van der Waals surface area contributed by atoms with E-state index in [1.54, 1.807) is 0 Å². The van der Waals surface area contributed by atoms with E-state index in [0.29, 0.717) is 26.1 Å². The summed E-state index contributed by atoms with van der Waals surface area (Å²) in [7, 11) is 0. The van der Waals surface area contributed by atoms with Gasteiger partial charge in [-0.25, -0.2) is 0 Å². The van der Waals surface area contributed by atoms with Crippen molar-refractivity contribution in [2.24, 2.45) is 0 Å². The molecule has 0 saturated carbocycles. The molecule has 0 bridgehead atoms. The molecule has 2 aromatic rings. The molecule has 0 radical (unpaired) electrons. The van der Waals surface area contributed by atoms with Crippen LogP contribution in [0.15, 0.2) is 48.7 Å². The van der Waals surface area contributed by atoms with E-state index in [1.165, 1.54) is 8.64 Å². The van der Waals surface area contributed by atoms with Gasteiger partial charge in [0.1, 0.15) is 0 Å². The van der Waals surface area contributed by atoms with Gasteiger partial charge in [-0.2, -0.15) is 0 Å². The van der Waals surface area contributed by atoms with Crippen LogP contribution in [0.5, 0.6) is 0 Å². The SMILES string of the molecule is [Hg+][c]1ccccc1-c1ccccn1. The summed E-state index contributed by atoms with van der Waals surface area (Å²) in [5.74, 6) is 0. The second-order valence-corrected chi connectivity index (χ2v) is 5.83. The third-order valence-corrected chi connectivity index (χ3v) is 4.36. The van der Waals surface area contributed by atoms with Crippen LogP contribution in [0.1, 0.15) is 0 Å². The zero-order valence-electron chi connectivity index (χ0n) is 7.27. The predicted molar refractivity (Wildman–Crippen MR) is 49.3 cm³/mol. The number of benzene rings is 1. The number of hydrogen-bond donors (Lipinski definition) is 0. The maximum atomic E-state index is 4.34. The van der Waals surface area contributed by atoms with E-state index in [9.17, 15) is 0 Å². The molecule has 2 rings (SSSR count).